The lowest BCUT2D eigenvalue weighted by atomic mass is 10.0. The van der Waals surface area contributed by atoms with Crippen molar-refractivity contribution in [1.29, 1.82) is 0 Å². The first kappa shape index (κ1) is 16.4. The van der Waals surface area contributed by atoms with Crippen LogP contribution in [-0.2, 0) is 14.8 Å². The number of sulfonamides is 1. The van der Waals surface area contributed by atoms with E-state index in [1.165, 1.54) is 6.26 Å². The minimum Gasteiger partial charge on any atom is -0.343 e. The second kappa shape index (κ2) is 7.21. The zero-order valence-corrected chi connectivity index (χ0v) is 12.6. The van der Waals surface area contributed by atoms with Gasteiger partial charge in [-0.15, -0.1) is 0 Å². The summed E-state index contributed by atoms with van der Waals surface area (Å²) in [5.74, 6) is 0.151. The third-order valence-corrected chi connectivity index (χ3v) is 4.04. The number of carbonyl (C=O) groups is 1. The van der Waals surface area contributed by atoms with Crippen LogP contribution in [0.1, 0.15) is 39.0 Å². The Bertz CT molecular complexity index is 387. The molecule has 1 fully saturated rings. The van der Waals surface area contributed by atoms with E-state index in [4.69, 9.17) is 5.73 Å². The van der Waals surface area contributed by atoms with Gasteiger partial charge in [-0.3, -0.25) is 4.79 Å². The average Bonchev–Trinajstić information content (AvgIpc) is 2.27. The van der Waals surface area contributed by atoms with Crippen LogP contribution >= 0.6 is 0 Å². The van der Waals surface area contributed by atoms with Crippen LogP contribution in [-0.4, -0.2) is 50.7 Å². The quantitative estimate of drug-likeness (QED) is 0.723. The van der Waals surface area contributed by atoms with E-state index < -0.39 is 10.0 Å². The fourth-order valence-electron chi connectivity index (χ4n) is 2.28. The highest BCUT2D eigenvalue weighted by atomic mass is 32.2. The molecule has 19 heavy (non-hydrogen) atoms. The Kier molecular flexibility index (Phi) is 6.22. The summed E-state index contributed by atoms with van der Waals surface area (Å²) in [5, 5.41) is 0. The number of nitrogens with one attached hydrogen (secondary N) is 1. The van der Waals surface area contributed by atoms with Crippen molar-refractivity contribution in [3.8, 4) is 0 Å². The zero-order chi connectivity index (χ0) is 14.5. The first-order valence-corrected chi connectivity index (χ1v) is 8.67. The second-order valence-corrected chi connectivity index (χ2v) is 7.19. The highest BCUT2D eigenvalue weighted by molar-refractivity contribution is 7.88. The fraction of sp³-hybridized carbons (Fsp3) is 0.917. The lowest BCUT2D eigenvalue weighted by Gasteiger charge is -2.32. The van der Waals surface area contributed by atoms with Gasteiger partial charge in [0.1, 0.15) is 0 Å². The molecule has 1 rings (SSSR count). The molecular formula is C12H25N3O3S. The van der Waals surface area contributed by atoms with Crippen molar-refractivity contribution in [2.24, 2.45) is 5.73 Å². The molecule has 3 N–H and O–H groups in total. The summed E-state index contributed by atoms with van der Waals surface area (Å²) in [6.45, 7) is 3.20. The zero-order valence-electron chi connectivity index (χ0n) is 11.8. The van der Waals surface area contributed by atoms with Crippen LogP contribution in [0.3, 0.4) is 0 Å². The number of piperidine rings is 1. The number of rotatable bonds is 6. The Morgan fingerprint density at radius 2 is 2.00 bits per heavy atom. The molecule has 0 aromatic heterocycles. The molecule has 0 radical (unpaired) electrons. The van der Waals surface area contributed by atoms with E-state index in [9.17, 15) is 13.2 Å². The van der Waals surface area contributed by atoms with Crippen molar-refractivity contribution in [3.63, 3.8) is 0 Å². The molecule has 6 nitrogen and oxygen atoms in total. The monoisotopic (exact) mass is 291 g/mol. The van der Waals surface area contributed by atoms with Gasteiger partial charge in [0, 0.05) is 31.6 Å². The molecule has 1 saturated heterocycles. The van der Waals surface area contributed by atoms with Crippen molar-refractivity contribution < 1.29 is 13.2 Å². The average molecular weight is 291 g/mol. The predicted molar refractivity (Wildman–Crippen MR) is 75.1 cm³/mol. The van der Waals surface area contributed by atoms with Gasteiger partial charge in [-0.25, -0.2) is 13.1 Å². The smallest absolute Gasteiger partial charge is 0.222 e. The van der Waals surface area contributed by atoms with Crippen LogP contribution in [0, 0.1) is 0 Å². The largest absolute Gasteiger partial charge is 0.343 e. The van der Waals surface area contributed by atoms with Crippen molar-refractivity contribution in [2.45, 2.75) is 51.1 Å². The van der Waals surface area contributed by atoms with Gasteiger partial charge >= 0.3 is 0 Å². The minimum absolute atomic E-state index is 0.0388. The SMILES string of the molecule is CC(N)CCCC(=O)N1CCC(NS(C)(=O)=O)CC1. The summed E-state index contributed by atoms with van der Waals surface area (Å²) in [4.78, 5) is 13.7. The standard InChI is InChI=1S/C12H25N3O3S/c1-10(13)4-3-5-12(16)15-8-6-11(7-9-15)14-19(2,17)18/h10-11,14H,3-9,13H2,1-2H3. The Hall–Kier alpha value is -0.660. The summed E-state index contributed by atoms with van der Waals surface area (Å²) in [5.41, 5.74) is 5.64. The normalized spacial score (nSPS) is 19.4. The minimum atomic E-state index is -3.15. The van der Waals surface area contributed by atoms with Gasteiger partial charge in [0.05, 0.1) is 6.26 Å². The Labute approximate surface area is 115 Å². The van der Waals surface area contributed by atoms with Crippen molar-refractivity contribution in [1.82, 2.24) is 9.62 Å². The van der Waals surface area contributed by atoms with E-state index in [-0.39, 0.29) is 18.0 Å². The molecule has 0 spiro atoms. The number of hydrogen-bond donors (Lipinski definition) is 2. The van der Waals surface area contributed by atoms with Crippen LogP contribution in [0.4, 0.5) is 0 Å². The molecule has 1 aliphatic rings. The lowest BCUT2D eigenvalue weighted by Crippen LogP contribution is -2.46. The molecule has 112 valence electrons. The maximum atomic E-state index is 11.9. The van der Waals surface area contributed by atoms with E-state index in [0.717, 1.165) is 12.8 Å². The molecule has 0 saturated carbocycles. The Balaban J connectivity index is 2.27. The summed E-state index contributed by atoms with van der Waals surface area (Å²) in [6.07, 6.45) is 4.75. The van der Waals surface area contributed by atoms with E-state index in [2.05, 4.69) is 4.72 Å². The van der Waals surface area contributed by atoms with Crippen LogP contribution < -0.4 is 10.5 Å². The third-order valence-electron chi connectivity index (χ3n) is 3.28. The number of amides is 1. The topological polar surface area (TPSA) is 92.5 Å². The van der Waals surface area contributed by atoms with E-state index in [1.54, 1.807) is 0 Å². The molecule has 0 bridgehead atoms. The van der Waals surface area contributed by atoms with Crippen LogP contribution in [0.15, 0.2) is 0 Å². The predicted octanol–water partition coefficient (Wildman–Crippen LogP) is 0.0441. The molecule has 7 heteroatoms. The lowest BCUT2D eigenvalue weighted by molar-refractivity contribution is -0.132. The van der Waals surface area contributed by atoms with Crippen LogP contribution in [0.2, 0.25) is 0 Å². The number of nitrogens with two attached hydrogens (primary N) is 1. The van der Waals surface area contributed by atoms with Crippen molar-refractivity contribution in [3.05, 3.63) is 0 Å². The van der Waals surface area contributed by atoms with Gasteiger partial charge in [0.25, 0.3) is 0 Å². The summed E-state index contributed by atoms with van der Waals surface area (Å²) in [6, 6.07) is 0.0978. The molecule has 0 aliphatic carbocycles. The van der Waals surface area contributed by atoms with E-state index in [0.29, 0.717) is 32.4 Å². The molecular weight excluding hydrogens is 266 g/mol. The van der Waals surface area contributed by atoms with Gasteiger partial charge in [0.15, 0.2) is 0 Å². The molecule has 0 aromatic carbocycles. The highest BCUT2D eigenvalue weighted by Gasteiger charge is 2.24. The van der Waals surface area contributed by atoms with Gasteiger partial charge in [-0.2, -0.15) is 0 Å². The fourth-order valence-corrected chi connectivity index (χ4v) is 3.12. The van der Waals surface area contributed by atoms with E-state index >= 15 is 0 Å². The summed E-state index contributed by atoms with van der Waals surface area (Å²) in [7, 11) is -3.15. The summed E-state index contributed by atoms with van der Waals surface area (Å²) < 4.78 is 24.8. The van der Waals surface area contributed by atoms with Crippen LogP contribution in [0.5, 0.6) is 0 Å². The molecule has 1 amide bonds. The van der Waals surface area contributed by atoms with Gasteiger partial charge in [-0.1, -0.05) is 0 Å². The first-order chi connectivity index (χ1) is 8.78. The molecule has 1 unspecified atom stereocenters. The second-order valence-electron chi connectivity index (χ2n) is 5.41. The Morgan fingerprint density at radius 1 is 1.42 bits per heavy atom. The highest BCUT2D eigenvalue weighted by Crippen LogP contribution is 2.13. The number of likely N-dealkylation sites (tertiary alicyclic amines) is 1. The van der Waals surface area contributed by atoms with E-state index in [1.807, 2.05) is 11.8 Å². The first-order valence-electron chi connectivity index (χ1n) is 6.78. The molecule has 1 heterocycles. The van der Waals surface area contributed by atoms with Crippen LogP contribution in [0.25, 0.3) is 0 Å². The van der Waals surface area contributed by atoms with Gasteiger partial charge < -0.3 is 10.6 Å². The summed E-state index contributed by atoms with van der Waals surface area (Å²) >= 11 is 0. The Morgan fingerprint density at radius 3 is 2.47 bits per heavy atom. The van der Waals surface area contributed by atoms with Crippen molar-refractivity contribution >= 4 is 15.9 Å². The molecule has 1 aliphatic heterocycles. The number of hydrogen-bond acceptors (Lipinski definition) is 4. The number of nitrogens with zero attached hydrogens (tertiary/aromatic N) is 1. The molecule has 1 atom stereocenters. The maximum Gasteiger partial charge on any atom is 0.222 e. The third kappa shape index (κ3) is 6.89. The van der Waals surface area contributed by atoms with Gasteiger partial charge in [0.2, 0.25) is 15.9 Å². The number of carbonyl (C=O) groups excluding carboxylic acids is 1. The molecule has 0 aromatic rings. The maximum absolute atomic E-state index is 11.9. The van der Waals surface area contributed by atoms with Gasteiger partial charge in [-0.05, 0) is 32.6 Å². The van der Waals surface area contributed by atoms with Crippen molar-refractivity contribution in [2.75, 3.05) is 19.3 Å².